The number of fused-ring (bicyclic) bond motifs is 1. The molecule has 2 aromatic rings. The van der Waals surface area contributed by atoms with E-state index < -0.39 is 0 Å². The predicted octanol–water partition coefficient (Wildman–Crippen LogP) is 3.12. The number of benzene rings is 1. The first kappa shape index (κ1) is 14.0. The SMILES string of the molecule is O=C(NCCc1cn(O)c2ccccc12)C1CCCCC1. The molecule has 1 aromatic carbocycles. The summed E-state index contributed by atoms with van der Waals surface area (Å²) in [5.41, 5.74) is 1.88. The largest absolute Gasteiger partial charge is 0.428 e. The van der Waals surface area contributed by atoms with Crippen LogP contribution in [0.3, 0.4) is 0 Å². The summed E-state index contributed by atoms with van der Waals surface area (Å²) in [4.78, 5) is 12.1. The molecule has 3 rings (SSSR count). The maximum absolute atomic E-state index is 12.1. The molecule has 0 saturated heterocycles. The molecule has 0 atom stereocenters. The number of amides is 1. The summed E-state index contributed by atoms with van der Waals surface area (Å²) in [5, 5.41) is 13.9. The van der Waals surface area contributed by atoms with Gasteiger partial charge in [0, 0.05) is 24.0 Å². The lowest BCUT2D eigenvalue weighted by Crippen LogP contribution is -2.33. The van der Waals surface area contributed by atoms with E-state index in [1.807, 2.05) is 24.3 Å². The minimum absolute atomic E-state index is 0.197. The smallest absolute Gasteiger partial charge is 0.223 e. The molecular weight excluding hydrogens is 264 g/mol. The average Bonchev–Trinajstić information content (AvgIpc) is 2.85. The van der Waals surface area contributed by atoms with Crippen molar-refractivity contribution in [2.24, 2.45) is 5.92 Å². The Labute approximate surface area is 124 Å². The van der Waals surface area contributed by atoms with Gasteiger partial charge in [-0.25, -0.2) is 0 Å². The molecule has 4 nitrogen and oxygen atoms in total. The third-order valence-corrected chi connectivity index (χ3v) is 4.44. The van der Waals surface area contributed by atoms with Crippen molar-refractivity contribution >= 4 is 16.8 Å². The van der Waals surface area contributed by atoms with Crippen LogP contribution in [0.15, 0.2) is 30.5 Å². The Morgan fingerprint density at radius 1 is 1.24 bits per heavy atom. The topological polar surface area (TPSA) is 54.3 Å². The number of hydrogen-bond acceptors (Lipinski definition) is 2. The van der Waals surface area contributed by atoms with Crippen LogP contribution in [-0.4, -0.2) is 22.4 Å². The van der Waals surface area contributed by atoms with Crippen molar-refractivity contribution in [2.45, 2.75) is 38.5 Å². The Balaban J connectivity index is 1.58. The molecule has 0 aliphatic heterocycles. The van der Waals surface area contributed by atoms with E-state index in [1.54, 1.807) is 6.20 Å². The molecule has 1 aliphatic rings. The number of para-hydroxylation sites is 1. The Kier molecular flexibility index (Phi) is 4.13. The molecule has 1 aromatic heterocycles. The highest BCUT2D eigenvalue weighted by Gasteiger charge is 2.20. The van der Waals surface area contributed by atoms with Crippen molar-refractivity contribution in [2.75, 3.05) is 6.54 Å². The molecule has 1 aliphatic carbocycles. The molecule has 21 heavy (non-hydrogen) atoms. The van der Waals surface area contributed by atoms with Gasteiger partial charge in [0.05, 0.1) is 5.52 Å². The number of nitrogens with zero attached hydrogens (tertiary/aromatic N) is 1. The van der Waals surface area contributed by atoms with Gasteiger partial charge in [0.1, 0.15) is 0 Å². The van der Waals surface area contributed by atoms with Gasteiger partial charge in [-0.15, -0.1) is 0 Å². The Hall–Kier alpha value is -1.97. The van der Waals surface area contributed by atoms with Gasteiger partial charge in [0.2, 0.25) is 5.91 Å². The van der Waals surface area contributed by atoms with E-state index >= 15 is 0 Å². The second-order valence-corrected chi connectivity index (χ2v) is 5.89. The molecule has 4 heteroatoms. The Morgan fingerprint density at radius 3 is 2.81 bits per heavy atom. The maximum Gasteiger partial charge on any atom is 0.223 e. The Morgan fingerprint density at radius 2 is 2.00 bits per heavy atom. The molecule has 0 spiro atoms. The molecule has 2 N–H and O–H groups in total. The minimum Gasteiger partial charge on any atom is -0.428 e. The lowest BCUT2D eigenvalue weighted by molar-refractivity contribution is -0.125. The van der Waals surface area contributed by atoms with Gasteiger partial charge in [-0.2, -0.15) is 4.73 Å². The predicted molar refractivity (Wildman–Crippen MR) is 82.4 cm³/mol. The van der Waals surface area contributed by atoms with Gasteiger partial charge in [-0.1, -0.05) is 37.5 Å². The normalized spacial score (nSPS) is 16.2. The molecular formula is C17H22N2O2. The number of carbonyl (C=O) groups excluding carboxylic acids is 1. The van der Waals surface area contributed by atoms with Gasteiger partial charge in [-0.3, -0.25) is 4.79 Å². The monoisotopic (exact) mass is 286 g/mol. The van der Waals surface area contributed by atoms with E-state index in [0.29, 0.717) is 6.54 Å². The van der Waals surface area contributed by atoms with Crippen LogP contribution in [0.4, 0.5) is 0 Å². The van der Waals surface area contributed by atoms with Crippen molar-refractivity contribution in [3.05, 3.63) is 36.0 Å². The van der Waals surface area contributed by atoms with Gasteiger partial charge in [-0.05, 0) is 30.9 Å². The quantitative estimate of drug-likeness (QED) is 0.848. The number of aromatic nitrogens is 1. The number of carbonyl (C=O) groups is 1. The number of hydrogen-bond donors (Lipinski definition) is 2. The van der Waals surface area contributed by atoms with Crippen LogP contribution in [0.5, 0.6) is 0 Å². The highest BCUT2D eigenvalue weighted by Crippen LogP contribution is 2.24. The number of nitrogens with one attached hydrogen (secondary N) is 1. The van der Waals surface area contributed by atoms with Crippen LogP contribution in [0, 0.1) is 5.92 Å². The first-order valence-corrected chi connectivity index (χ1v) is 7.81. The zero-order chi connectivity index (χ0) is 14.7. The number of rotatable bonds is 4. The van der Waals surface area contributed by atoms with Crippen LogP contribution in [0.1, 0.15) is 37.7 Å². The van der Waals surface area contributed by atoms with Crippen molar-refractivity contribution in [1.82, 2.24) is 10.0 Å². The third kappa shape index (κ3) is 3.04. The van der Waals surface area contributed by atoms with Gasteiger partial charge >= 0.3 is 0 Å². The van der Waals surface area contributed by atoms with Crippen LogP contribution < -0.4 is 5.32 Å². The fourth-order valence-corrected chi connectivity index (χ4v) is 3.26. The molecule has 1 heterocycles. The van der Waals surface area contributed by atoms with Crippen molar-refractivity contribution < 1.29 is 10.0 Å². The second kappa shape index (κ2) is 6.20. The summed E-state index contributed by atoms with van der Waals surface area (Å²) in [6.45, 7) is 0.628. The lowest BCUT2D eigenvalue weighted by Gasteiger charge is -2.20. The summed E-state index contributed by atoms with van der Waals surface area (Å²) < 4.78 is 1.16. The minimum atomic E-state index is 0.197. The molecule has 112 valence electrons. The van der Waals surface area contributed by atoms with Crippen LogP contribution in [-0.2, 0) is 11.2 Å². The highest BCUT2D eigenvalue weighted by molar-refractivity contribution is 5.83. The summed E-state index contributed by atoms with van der Waals surface area (Å²) >= 11 is 0. The van der Waals surface area contributed by atoms with Crippen molar-refractivity contribution in [3.63, 3.8) is 0 Å². The highest BCUT2D eigenvalue weighted by atomic mass is 16.5. The molecule has 1 fully saturated rings. The molecule has 1 saturated carbocycles. The van der Waals surface area contributed by atoms with Crippen molar-refractivity contribution in [1.29, 1.82) is 0 Å². The second-order valence-electron chi connectivity index (χ2n) is 5.89. The standard InChI is InChI=1S/C17H22N2O2/c20-17(13-6-2-1-3-7-13)18-11-10-14-12-19(21)16-9-5-4-8-15(14)16/h4-5,8-9,12-13,21H,1-3,6-7,10-11H2,(H,18,20). The van der Waals surface area contributed by atoms with Gasteiger partial charge < -0.3 is 10.5 Å². The first-order valence-electron chi connectivity index (χ1n) is 7.81. The van der Waals surface area contributed by atoms with E-state index in [9.17, 15) is 10.0 Å². The first-order chi connectivity index (χ1) is 10.3. The van der Waals surface area contributed by atoms with E-state index in [1.165, 1.54) is 19.3 Å². The van der Waals surface area contributed by atoms with Gasteiger partial charge in [0.15, 0.2) is 0 Å². The van der Waals surface area contributed by atoms with Crippen LogP contribution >= 0.6 is 0 Å². The lowest BCUT2D eigenvalue weighted by atomic mass is 9.88. The zero-order valence-electron chi connectivity index (χ0n) is 12.2. The zero-order valence-corrected chi connectivity index (χ0v) is 12.2. The average molecular weight is 286 g/mol. The van der Waals surface area contributed by atoms with Crippen LogP contribution in [0.25, 0.3) is 10.9 Å². The summed E-state index contributed by atoms with van der Waals surface area (Å²) in [6, 6.07) is 7.76. The Bertz CT molecular complexity index is 627. The maximum atomic E-state index is 12.1. The van der Waals surface area contributed by atoms with Crippen molar-refractivity contribution in [3.8, 4) is 0 Å². The van der Waals surface area contributed by atoms with Gasteiger partial charge in [0.25, 0.3) is 0 Å². The fraction of sp³-hybridized carbons (Fsp3) is 0.471. The summed E-state index contributed by atoms with van der Waals surface area (Å²) in [6.07, 6.45) is 8.15. The molecule has 1 amide bonds. The summed E-state index contributed by atoms with van der Waals surface area (Å²) in [5.74, 6) is 0.403. The third-order valence-electron chi connectivity index (χ3n) is 4.44. The summed E-state index contributed by atoms with van der Waals surface area (Å²) in [7, 11) is 0. The van der Waals surface area contributed by atoms with Crippen LogP contribution in [0.2, 0.25) is 0 Å². The van der Waals surface area contributed by atoms with E-state index in [-0.39, 0.29) is 11.8 Å². The van der Waals surface area contributed by atoms with E-state index in [0.717, 1.165) is 40.5 Å². The van der Waals surface area contributed by atoms with E-state index in [2.05, 4.69) is 5.32 Å². The van der Waals surface area contributed by atoms with E-state index in [4.69, 9.17) is 0 Å². The molecule has 0 bridgehead atoms. The molecule has 0 unspecified atom stereocenters. The fourth-order valence-electron chi connectivity index (χ4n) is 3.26. The molecule has 0 radical (unpaired) electrons.